The largest absolute Gasteiger partial charge is 0.481 e. The van der Waals surface area contributed by atoms with E-state index < -0.39 is 5.82 Å². The molecule has 2 aromatic heterocycles. The van der Waals surface area contributed by atoms with Crippen molar-refractivity contribution in [3.8, 4) is 5.75 Å². The number of oxazole rings is 1. The van der Waals surface area contributed by atoms with E-state index in [0.29, 0.717) is 13.1 Å². The van der Waals surface area contributed by atoms with Crippen LogP contribution in [0.3, 0.4) is 0 Å². The number of rotatable bonds is 4. The number of benzene rings is 1. The first kappa shape index (κ1) is 15.8. The summed E-state index contributed by atoms with van der Waals surface area (Å²) in [5.41, 5.74) is 1.43. The molecule has 1 amide bonds. The van der Waals surface area contributed by atoms with Crippen molar-refractivity contribution in [3.63, 3.8) is 0 Å². The monoisotopic (exact) mass is 358 g/mol. The average molecular weight is 358 g/mol. The Morgan fingerprint density at radius 3 is 3.12 bits per heavy atom. The maximum absolute atomic E-state index is 13.5. The molecule has 0 fully saturated rings. The minimum Gasteiger partial charge on any atom is -0.481 e. The predicted octanol–water partition coefficient (Wildman–Crippen LogP) is 3.65. The normalized spacial score (nSPS) is 13.6. The number of aromatic nitrogens is 1. The lowest BCUT2D eigenvalue weighted by Crippen LogP contribution is -2.35. The first-order valence-electron chi connectivity index (χ1n) is 7.87. The molecule has 0 saturated heterocycles. The van der Waals surface area contributed by atoms with Gasteiger partial charge in [0.25, 0.3) is 5.91 Å². The van der Waals surface area contributed by atoms with Gasteiger partial charge in [0.1, 0.15) is 6.26 Å². The molecule has 0 radical (unpaired) electrons. The fraction of sp³-hybridized carbons (Fsp3) is 0.222. The number of nitrogens with zero attached hydrogens (tertiary/aromatic N) is 2. The van der Waals surface area contributed by atoms with Gasteiger partial charge in [0, 0.05) is 18.0 Å². The molecule has 4 rings (SSSR count). The Hall–Kier alpha value is -2.67. The molecular formula is C18H15FN2O3S. The van der Waals surface area contributed by atoms with Gasteiger partial charge in [0.2, 0.25) is 5.89 Å². The van der Waals surface area contributed by atoms with Crippen LogP contribution >= 0.6 is 11.3 Å². The molecule has 0 spiro atoms. The number of carbonyl (C=O) groups is 1. The highest BCUT2D eigenvalue weighted by Gasteiger charge is 2.24. The van der Waals surface area contributed by atoms with E-state index in [1.807, 2.05) is 5.38 Å². The molecular weight excluding hydrogens is 343 g/mol. The van der Waals surface area contributed by atoms with Crippen LogP contribution < -0.4 is 4.74 Å². The fourth-order valence-corrected chi connectivity index (χ4v) is 3.65. The predicted molar refractivity (Wildman–Crippen MR) is 90.0 cm³/mol. The third-order valence-corrected chi connectivity index (χ3v) is 5.08. The lowest BCUT2D eigenvalue weighted by Gasteiger charge is -2.26. The van der Waals surface area contributed by atoms with Crippen molar-refractivity contribution in [1.82, 2.24) is 9.88 Å². The van der Waals surface area contributed by atoms with E-state index in [4.69, 9.17) is 9.15 Å². The quantitative estimate of drug-likeness (QED) is 0.714. The summed E-state index contributed by atoms with van der Waals surface area (Å²) in [6.07, 6.45) is 2.19. The highest BCUT2D eigenvalue weighted by atomic mass is 32.1. The molecule has 3 aromatic rings. The van der Waals surface area contributed by atoms with E-state index in [-0.39, 0.29) is 29.8 Å². The molecule has 0 saturated carbocycles. The summed E-state index contributed by atoms with van der Waals surface area (Å²) in [4.78, 5) is 19.8. The van der Waals surface area contributed by atoms with Gasteiger partial charge in [-0.05, 0) is 35.6 Å². The van der Waals surface area contributed by atoms with Gasteiger partial charge in [0.05, 0.1) is 0 Å². The number of halogens is 1. The Kier molecular flexibility index (Phi) is 4.23. The number of hydrogen-bond acceptors (Lipinski definition) is 5. The second-order valence-corrected chi connectivity index (χ2v) is 6.69. The molecule has 0 aliphatic carbocycles. The molecule has 25 heavy (non-hydrogen) atoms. The van der Waals surface area contributed by atoms with E-state index in [1.165, 1.54) is 28.8 Å². The summed E-state index contributed by atoms with van der Waals surface area (Å²) in [6.45, 7) is 1.22. The van der Waals surface area contributed by atoms with Crippen LogP contribution in [-0.2, 0) is 19.6 Å². The van der Waals surface area contributed by atoms with Crippen molar-refractivity contribution in [2.75, 3.05) is 6.54 Å². The Labute approximate surface area is 147 Å². The summed E-state index contributed by atoms with van der Waals surface area (Å²) >= 11 is 1.73. The lowest BCUT2D eigenvalue weighted by atomic mass is 10.1. The first-order chi connectivity index (χ1) is 12.2. The van der Waals surface area contributed by atoms with E-state index in [2.05, 4.69) is 11.1 Å². The third kappa shape index (κ3) is 3.28. The topological polar surface area (TPSA) is 55.6 Å². The third-order valence-electron chi connectivity index (χ3n) is 4.05. The standard InChI is InChI=1S/C18H15FN2O3S/c19-13-3-1-2-4-15(13)23-11-17-20-14(10-24-17)18(22)21-7-5-16-12(9-21)6-8-25-16/h1-4,6,8,10H,5,7,9,11H2. The second-order valence-electron chi connectivity index (χ2n) is 5.69. The Morgan fingerprint density at radius 1 is 1.36 bits per heavy atom. The molecule has 0 unspecified atom stereocenters. The minimum atomic E-state index is -0.453. The van der Waals surface area contributed by atoms with Crippen LogP contribution in [0.25, 0.3) is 0 Å². The van der Waals surface area contributed by atoms with Gasteiger partial charge in [-0.15, -0.1) is 11.3 Å². The first-order valence-corrected chi connectivity index (χ1v) is 8.75. The number of fused-ring (bicyclic) bond motifs is 1. The van der Waals surface area contributed by atoms with E-state index in [9.17, 15) is 9.18 Å². The Morgan fingerprint density at radius 2 is 2.24 bits per heavy atom. The van der Waals surface area contributed by atoms with Crippen LogP contribution in [0.2, 0.25) is 0 Å². The zero-order chi connectivity index (χ0) is 17.2. The molecule has 0 N–H and O–H groups in total. The highest BCUT2D eigenvalue weighted by Crippen LogP contribution is 2.25. The summed E-state index contributed by atoms with van der Waals surface area (Å²) in [5.74, 6) is -0.266. The summed E-state index contributed by atoms with van der Waals surface area (Å²) in [6, 6.07) is 8.15. The van der Waals surface area contributed by atoms with E-state index in [1.54, 1.807) is 28.4 Å². The number of amides is 1. The SMILES string of the molecule is O=C(c1coc(COc2ccccc2F)n1)N1CCc2sccc2C1. The van der Waals surface area contributed by atoms with Gasteiger partial charge in [-0.2, -0.15) is 0 Å². The molecule has 0 atom stereocenters. The van der Waals surface area contributed by atoms with Crippen molar-refractivity contribution >= 4 is 17.2 Å². The van der Waals surface area contributed by atoms with Crippen LogP contribution in [0.5, 0.6) is 5.75 Å². The molecule has 0 bridgehead atoms. The second kappa shape index (κ2) is 6.68. The van der Waals surface area contributed by atoms with Crippen molar-refractivity contribution in [2.24, 2.45) is 0 Å². The Bertz CT molecular complexity index is 905. The molecule has 7 heteroatoms. The van der Waals surface area contributed by atoms with Gasteiger partial charge < -0.3 is 14.1 Å². The maximum atomic E-state index is 13.5. The number of para-hydroxylation sites is 1. The molecule has 1 aliphatic rings. The van der Waals surface area contributed by atoms with Crippen LogP contribution in [0.4, 0.5) is 4.39 Å². The summed E-state index contributed by atoms with van der Waals surface area (Å²) in [7, 11) is 0. The molecule has 1 aliphatic heterocycles. The lowest BCUT2D eigenvalue weighted by molar-refractivity contribution is 0.0729. The van der Waals surface area contributed by atoms with E-state index in [0.717, 1.165) is 6.42 Å². The van der Waals surface area contributed by atoms with E-state index >= 15 is 0 Å². The maximum Gasteiger partial charge on any atom is 0.276 e. The van der Waals surface area contributed by atoms with Gasteiger partial charge in [-0.25, -0.2) is 9.37 Å². The van der Waals surface area contributed by atoms with Crippen LogP contribution in [0.1, 0.15) is 26.8 Å². The number of ether oxygens (including phenoxy) is 1. The number of carbonyl (C=O) groups excluding carboxylic acids is 1. The van der Waals surface area contributed by atoms with Crippen LogP contribution in [0, 0.1) is 5.82 Å². The smallest absolute Gasteiger partial charge is 0.276 e. The molecule has 128 valence electrons. The van der Waals surface area contributed by atoms with Crippen molar-refractivity contribution in [2.45, 2.75) is 19.6 Å². The van der Waals surface area contributed by atoms with Crippen molar-refractivity contribution in [1.29, 1.82) is 0 Å². The highest BCUT2D eigenvalue weighted by molar-refractivity contribution is 7.10. The van der Waals surface area contributed by atoms with Crippen molar-refractivity contribution < 1.29 is 18.3 Å². The number of hydrogen-bond donors (Lipinski definition) is 0. The van der Waals surface area contributed by atoms with Crippen LogP contribution in [0.15, 0.2) is 46.4 Å². The molecule has 3 heterocycles. The molecule has 1 aromatic carbocycles. The van der Waals surface area contributed by atoms with Gasteiger partial charge in [0.15, 0.2) is 23.9 Å². The van der Waals surface area contributed by atoms with Gasteiger partial charge >= 0.3 is 0 Å². The summed E-state index contributed by atoms with van der Waals surface area (Å²) in [5, 5.41) is 2.05. The van der Waals surface area contributed by atoms with Crippen LogP contribution in [-0.4, -0.2) is 22.3 Å². The minimum absolute atomic E-state index is 0.0388. The number of thiophene rings is 1. The zero-order valence-corrected chi connectivity index (χ0v) is 14.1. The van der Waals surface area contributed by atoms with Gasteiger partial charge in [-0.3, -0.25) is 4.79 Å². The fourth-order valence-electron chi connectivity index (χ4n) is 2.76. The average Bonchev–Trinajstić information content (AvgIpc) is 3.29. The summed E-state index contributed by atoms with van der Waals surface area (Å²) < 4.78 is 24.2. The van der Waals surface area contributed by atoms with Crippen molar-refractivity contribution in [3.05, 3.63) is 69.8 Å². The zero-order valence-electron chi connectivity index (χ0n) is 13.3. The Balaban J connectivity index is 1.41. The molecule has 5 nitrogen and oxygen atoms in total. The van der Waals surface area contributed by atoms with Gasteiger partial charge in [-0.1, -0.05) is 12.1 Å².